The van der Waals surface area contributed by atoms with E-state index in [0.717, 1.165) is 41.1 Å². The summed E-state index contributed by atoms with van der Waals surface area (Å²) >= 11 is 0.880. The average molecular weight is 545 g/mol. The number of urea groups is 1. The minimum absolute atomic E-state index is 0.0503. The second-order valence-corrected chi connectivity index (χ2v) is 8.91. The van der Waals surface area contributed by atoms with E-state index < -0.39 is 12.4 Å². The summed E-state index contributed by atoms with van der Waals surface area (Å²) in [4.78, 5) is 12.2. The molecule has 2 N–H and O–H groups in total. The van der Waals surface area contributed by atoms with Gasteiger partial charge in [-0.2, -0.15) is 0 Å². The van der Waals surface area contributed by atoms with Gasteiger partial charge in [-0.05, 0) is 59.5 Å². The third kappa shape index (κ3) is 7.42. The van der Waals surface area contributed by atoms with Gasteiger partial charge in [-0.25, -0.2) is 9.19 Å². The molecule has 0 bridgehead atoms. The predicted octanol–water partition coefficient (Wildman–Crippen LogP) is 7.23. The van der Waals surface area contributed by atoms with Crippen molar-refractivity contribution in [2.24, 2.45) is 4.40 Å². The number of carbonyl (C=O) groups is 1. The van der Waals surface area contributed by atoms with Crippen molar-refractivity contribution in [1.82, 2.24) is 9.88 Å². The molecule has 1 aromatic heterocycles. The van der Waals surface area contributed by atoms with Gasteiger partial charge in [0, 0.05) is 17.3 Å². The molecule has 0 fully saturated rings. The van der Waals surface area contributed by atoms with Crippen molar-refractivity contribution in [3.05, 3.63) is 83.6 Å². The lowest BCUT2D eigenvalue weighted by Crippen LogP contribution is -2.23. The number of aromatic nitrogens is 1. The van der Waals surface area contributed by atoms with Crippen LogP contribution in [0.25, 0.3) is 11.0 Å². The van der Waals surface area contributed by atoms with E-state index >= 15 is 0 Å². The first-order valence-electron chi connectivity index (χ1n) is 11.4. The van der Waals surface area contributed by atoms with Gasteiger partial charge in [0.2, 0.25) is 0 Å². The van der Waals surface area contributed by atoms with Crippen molar-refractivity contribution in [3.63, 3.8) is 0 Å². The molecule has 38 heavy (non-hydrogen) atoms. The SMILES string of the molecule is CC(C)c1ccccc1NC(=O)NSN=Cc1ccc2c(COc3ccc(OC(F)(F)F)cc3)noc2c1. The molecule has 4 aromatic rings. The first-order chi connectivity index (χ1) is 18.2. The fourth-order valence-corrected chi connectivity index (χ4v) is 3.86. The van der Waals surface area contributed by atoms with Crippen LogP contribution >= 0.6 is 12.1 Å². The molecule has 198 valence electrons. The molecule has 0 aliphatic carbocycles. The lowest BCUT2D eigenvalue weighted by Gasteiger charge is -2.13. The van der Waals surface area contributed by atoms with Gasteiger partial charge in [-0.15, -0.1) is 13.2 Å². The van der Waals surface area contributed by atoms with Crippen molar-refractivity contribution in [1.29, 1.82) is 0 Å². The summed E-state index contributed by atoms with van der Waals surface area (Å²) in [5.41, 5.74) is 3.53. The number of anilines is 1. The molecule has 0 aliphatic heterocycles. The smallest absolute Gasteiger partial charge is 0.487 e. The number of ether oxygens (including phenoxy) is 2. The number of hydrogen-bond donors (Lipinski definition) is 2. The van der Waals surface area contributed by atoms with Crippen LogP contribution in [0.2, 0.25) is 0 Å². The maximum absolute atomic E-state index is 12.3. The Balaban J connectivity index is 1.29. The maximum atomic E-state index is 12.3. The van der Waals surface area contributed by atoms with E-state index in [9.17, 15) is 18.0 Å². The van der Waals surface area contributed by atoms with Gasteiger partial charge in [0.1, 0.15) is 23.8 Å². The number of fused-ring (bicyclic) bond motifs is 1. The summed E-state index contributed by atoms with van der Waals surface area (Å²) in [5.74, 6) is 0.278. The van der Waals surface area contributed by atoms with Crippen LogP contribution in [-0.2, 0) is 6.61 Å². The first-order valence-corrected chi connectivity index (χ1v) is 12.2. The van der Waals surface area contributed by atoms with Crippen molar-refractivity contribution in [3.8, 4) is 11.5 Å². The van der Waals surface area contributed by atoms with Gasteiger partial charge in [0.15, 0.2) is 5.58 Å². The number of rotatable bonds is 9. The summed E-state index contributed by atoms with van der Waals surface area (Å²) in [7, 11) is 0. The summed E-state index contributed by atoms with van der Waals surface area (Å²) in [6, 6.07) is 17.6. The van der Waals surface area contributed by atoms with E-state index in [0.29, 0.717) is 22.4 Å². The lowest BCUT2D eigenvalue weighted by molar-refractivity contribution is -0.274. The van der Waals surface area contributed by atoms with Crippen LogP contribution in [0, 0.1) is 0 Å². The molecule has 0 aliphatic rings. The van der Waals surface area contributed by atoms with E-state index in [-0.39, 0.29) is 18.3 Å². The van der Waals surface area contributed by atoms with Crippen LogP contribution in [0.3, 0.4) is 0 Å². The number of nitrogens with one attached hydrogen (secondary N) is 2. The number of para-hydroxylation sites is 1. The highest BCUT2D eigenvalue weighted by Gasteiger charge is 2.31. The van der Waals surface area contributed by atoms with Crippen LogP contribution in [0.15, 0.2) is 75.7 Å². The van der Waals surface area contributed by atoms with E-state index in [1.165, 1.54) is 12.1 Å². The molecule has 0 saturated heterocycles. The molecule has 4 rings (SSSR count). The van der Waals surface area contributed by atoms with Gasteiger partial charge in [0.25, 0.3) is 0 Å². The fraction of sp³-hybridized carbons (Fsp3) is 0.192. The van der Waals surface area contributed by atoms with Crippen LogP contribution in [0.5, 0.6) is 11.5 Å². The van der Waals surface area contributed by atoms with E-state index in [1.54, 1.807) is 24.4 Å². The largest absolute Gasteiger partial charge is 0.573 e. The standard InChI is InChI=1S/C26H23F3N4O4S/c1-16(2)20-5-3-4-6-22(20)31-25(34)33-38-30-14-17-7-12-21-23(32-37-24(21)13-17)15-35-18-8-10-19(11-9-18)36-26(27,28)29/h3-14,16H,15H2,1-2H3,(H2,31,33,34). The molecule has 1 heterocycles. The van der Waals surface area contributed by atoms with Crippen molar-refractivity contribution in [2.75, 3.05) is 5.32 Å². The Hall–Kier alpha value is -4.19. The minimum Gasteiger partial charge on any atom is -0.487 e. The Morgan fingerprint density at radius 2 is 1.84 bits per heavy atom. The monoisotopic (exact) mass is 544 g/mol. The summed E-state index contributed by atoms with van der Waals surface area (Å²) < 4.78 is 58.4. The highest BCUT2D eigenvalue weighted by Crippen LogP contribution is 2.26. The molecule has 3 aromatic carbocycles. The zero-order valence-corrected chi connectivity index (χ0v) is 21.1. The number of nitrogens with zero attached hydrogens (tertiary/aromatic N) is 2. The molecule has 0 saturated carbocycles. The zero-order chi connectivity index (χ0) is 27.1. The zero-order valence-electron chi connectivity index (χ0n) is 20.3. The molecule has 0 radical (unpaired) electrons. The van der Waals surface area contributed by atoms with E-state index in [1.807, 2.05) is 24.3 Å². The third-order valence-corrected chi connectivity index (χ3v) is 5.71. The van der Waals surface area contributed by atoms with Crippen LogP contribution in [0.4, 0.5) is 23.7 Å². The molecule has 12 heteroatoms. The first kappa shape index (κ1) is 26.9. The molecule has 2 amide bonds. The van der Waals surface area contributed by atoms with Gasteiger partial charge in [-0.3, -0.25) is 4.72 Å². The average Bonchev–Trinajstić information content (AvgIpc) is 3.28. The highest BCUT2D eigenvalue weighted by molar-refractivity contribution is 7.96. The maximum Gasteiger partial charge on any atom is 0.573 e. The number of amides is 2. The second-order valence-electron chi connectivity index (χ2n) is 8.32. The van der Waals surface area contributed by atoms with E-state index in [4.69, 9.17) is 9.26 Å². The third-order valence-electron chi connectivity index (χ3n) is 5.23. The number of hydrogen-bond acceptors (Lipinski definition) is 7. The van der Waals surface area contributed by atoms with Crippen LogP contribution < -0.4 is 19.5 Å². The van der Waals surface area contributed by atoms with Gasteiger partial charge in [-0.1, -0.05) is 43.3 Å². The molecular weight excluding hydrogens is 521 g/mol. The Bertz CT molecular complexity index is 1420. The number of alkyl halides is 3. The summed E-state index contributed by atoms with van der Waals surface area (Å²) in [6.07, 6.45) is -3.19. The molecule has 0 spiro atoms. The summed E-state index contributed by atoms with van der Waals surface area (Å²) in [6.45, 7) is 4.16. The Morgan fingerprint density at radius 1 is 1.11 bits per heavy atom. The van der Waals surface area contributed by atoms with Crippen molar-refractivity contribution >= 4 is 41.0 Å². The Labute approximate surface area is 220 Å². The fourth-order valence-electron chi connectivity index (χ4n) is 3.50. The van der Waals surface area contributed by atoms with Crippen LogP contribution in [0.1, 0.15) is 36.6 Å². The van der Waals surface area contributed by atoms with Crippen molar-refractivity contribution < 1.29 is 32.0 Å². The highest BCUT2D eigenvalue weighted by atomic mass is 32.2. The number of halogens is 3. The van der Waals surface area contributed by atoms with Gasteiger partial charge in [0.05, 0.1) is 12.1 Å². The van der Waals surface area contributed by atoms with Gasteiger partial charge >= 0.3 is 12.4 Å². The summed E-state index contributed by atoms with van der Waals surface area (Å²) in [5, 5.41) is 7.55. The minimum atomic E-state index is -4.75. The Morgan fingerprint density at radius 3 is 2.58 bits per heavy atom. The Kier molecular flexibility index (Phi) is 8.41. The topological polar surface area (TPSA) is 98.0 Å². The molecule has 8 nitrogen and oxygen atoms in total. The second kappa shape index (κ2) is 11.9. The molecular formula is C26H23F3N4O4S. The molecule has 0 unspecified atom stereocenters. The van der Waals surface area contributed by atoms with E-state index in [2.05, 4.69) is 38.2 Å². The lowest BCUT2D eigenvalue weighted by atomic mass is 10.0. The number of benzene rings is 3. The normalized spacial score (nSPS) is 11.7. The van der Waals surface area contributed by atoms with Crippen molar-refractivity contribution in [2.45, 2.75) is 32.7 Å². The quantitative estimate of drug-likeness (QED) is 0.170. The van der Waals surface area contributed by atoms with Gasteiger partial charge < -0.3 is 19.3 Å². The predicted molar refractivity (Wildman–Crippen MR) is 139 cm³/mol. The number of carbonyl (C=O) groups excluding carboxylic acids is 1. The molecule has 0 atom stereocenters. The van der Waals surface area contributed by atoms with Crippen LogP contribution in [-0.4, -0.2) is 23.8 Å².